The van der Waals surface area contributed by atoms with Gasteiger partial charge in [0.25, 0.3) is 0 Å². The molecule has 1 aromatic rings. The molecule has 0 bridgehead atoms. The van der Waals surface area contributed by atoms with E-state index in [1.807, 2.05) is 32.2 Å². The highest BCUT2D eigenvalue weighted by Crippen LogP contribution is 2.33. The van der Waals surface area contributed by atoms with Gasteiger partial charge in [-0.1, -0.05) is 56.7 Å². The molecule has 1 saturated heterocycles. The number of aryl methyl sites for hydroxylation is 1. The number of Topliss-reactive ketones (excluding diaryl/α,β-unsaturated/α-hetero) is 1. The molecular formula is C26H40INO6S. The SMILES string of the molecule is C/C(=C\c1csc(C)n1)[C@@H]1CC(I)C(O)CCCC(C)[C@H](O)C(C)C(=O)C(C)(C)C(O)CC(=O)O1. The largest absolute Gasteiger partial charge is 0.458 e. The molecule has 198 valence electrons. The first kappa shape index (κ1) is 30.3. The number of aliphatic hydroxyl groups is 3. The third kappa shape index (κ3) is 8.31. The van der Waals surface area contributed by atoms with Crippen molar-refractivity contribution in [2.75, 3.05) is 0 Å². The zero-order chi connectivity index (χ0) is 26.5. The first-order valence-electron chi connectivity index (χ1n) is 12.3. The molecule has 9 heteroatoms. The number of hydrogen-bond donors (Lipinski definition) is 3. The van der Waals surface area contributed by atoms with Gasteiger partial charge >= 0.3 is 5.97 Å². The van der Waals surface area contributed by atoms with Crippen LogP contribution in [0.4, 0.5) is 0 Å². The summed E-state index contributed by atoms with van der Waals surface area (Å²) in [4.78, 5) is 30.5. The Morgan fingerprint density at radius 2 is 1.89 bits per heavy atom. The molecule has 1 aromatic heterocycles. The maximum absolute atomic E-state index is 13.2. The van der Waals surface area contributed by atoms with Crippen molar-refractivity contribution in [3.8, 4) is 0 Å². The molecule has 2 rings (SSSR count). The summed E-state index contributed by atoms with van der Waals surface area (Å²) < 4.78 is 5.64. The second kappa shape index (κ2) is 13.1. The van der Waals surface area contributed by atoms with Crippen LogP contribution in [-0.4, -0.2) is 60.4 Å². The van der Waals surface area contributed by atoms with Crippen LogP contribution in [0.2, 0.25) is 0 Å². The maximum Gasteiger partial charge on any atom is 0.309 e. The van der Waals surface area contributed by atoms with Gasteiger partial charge in [0.15, 0.2) is 0 Å². The molecule has 7 nitrogen and oxygen atoms in total. The van der Waals surface area contributed by atoms with Crippen molar-refractivity contribution in [3.05, 3.63) is 21.7 Å². The van der Waals surface area contributed by atoms with E-state index in [0.717, 1.165) is 16.3 Å². The second-order valence-corrected chi connectivity index (χ2v) is 13.1. The van der Waals surface area contributed by atoms with Gasteiger partial charge in [-0.05, 0) is 44.3 Å². The summed E-state index contributed by atoms with van der Waals surface area (Å²) in [5.41, 5.74) is 0.359. The number of alkyl halides is 1. The third-order valence-electron chi connectivity index (χ3n) is 7.15. The lowest BCUT2D eigenvalue weighted by Gasteiger charge is -2.35. The molecule has 7 atom stereocenters. The number of esters is 1. The topological polar surface area (TPSA) is 117 Å². The number of thiazole rings is 1. The van der Waals surface area contributed by atoms with E-state index in [2.05, 4.69) is 27.6 Å². The van der Waals surface area contributed by atoms with E-state index in [9.17, 15) is 24.9 Å². The molecule has 1 aliphatic heterocycles. The average molecular weight is 622 g/mol. The van der Waals surface area contributed by atoms with Gasteiger partial charge in [-0.3, -0.25) is 9.59 Å². The summed E-state index contributed by atoms with van der Waals surface area (Å²) >= 11 is 3.73. The number of ketones is 1. The Hall–Kier alpha value is -0.880. The van der Waals surface area contributed by atoms with Crippen LogP contribution in [0.5, 0.6) is 0 Å². The molecule has 0 aromatic carbocycles. The minimum atomic E-state index is -1.26. The van der Waals surface area contributed by atoms with E-state index in [4.69, 9.17) is 4.74 Å². The van der Waals surface area contributed by atoms with Gasteiger partial charge in [-0.15, -0.1) is 11.3 Å². The monoisotopic (exact) mass is 621 g/mol. The van der Waals surface area contributed by atoms with E-state index < -0.39 is 41.7 Å². The van der Waals surface area contributed by atoms with E-state index in [0.29, 0.717) is 25.7 Å². The Kier molecular flexibility index (Phi) is 11.3. The fraction of sp³-hybridized carbons (Fsp3) is 0.731. The number of cyclic esters (lactones) is 1. The van der Waals surface area contributed by atoms with E-state index in [1.54, 1.807) is 20.8 Å². The van der Waals surface area contributed by atoms with Gasteiger partial charge in [-0.25, -0.2) is 4.98 Å². The highest BCUT2D eigenvalue weighted by molar-refractivity contribution is 14.1. The fourth-order valence-corrected chi connectivity index (χ4v) is 5.87. The van der Waals surface area contributed by atoms with Crippen LogP contribution < -0.4 is 0 Å². The smallest absolute Gasteiger partial charge is 0.309 e. The van der Waals surface area contributed by atoms with Gasteiger partial charge in [0.2, 0.25) is 0 Å². The van der Waals surface area contributed by atoms with E-state index in [-0.39, 0.29) is 22.0 Å². The number of carbonyl (C=O) groups is 2. The van der Waals surface area contributed by atoms with Gasteiger partial charge in [0.1, 0.15) is 11.9 Å². The molecule has 0 saturated carbocycles. The van der Waals surface area contributed by atoms with Crippen molar-refractivity contribution in [3.63, 3.8) is 0 Å². The van der Waals surface area contributed by atoms with Crippen molar-refractivity contribution in [1.82, 2.24) is 4.98 Å². The van der Waals surface area contributed by atoms with Crippen LogP contribution in [0, 0.1) is 24.2 Å². The quantitative estimate of drug-likeness (QED) is 0.253. The molecule has 0 radical (unpaired) electrons. The normalized spacial score (nSPS) is 34.5. The van der Waals surface area contributed by atoms with Crippen molar-refractivity contribution < 1.29 is 29.6 Å². The van der Waals surface area contributed by atoms with Crippen molar-refractivity contribution >= 4 is 51.8 Å². The summed E-state index contributed by atoms with van der Waals surface area (Å²) in [6.07, 6.45) is 0.534. The summed E-state index contributed by atoms with van der Waals surface area (Å²) in [6, 6.07) is 0. The van der Waals surface area contributed by atoms with Gasteiger partial charge in [0, 0.05) is 21.6 Å². The highest BCUT2D eigenvalue weighted by Gasteiger charge is 2.42. The summed E-state index contributed by atoms with van der Waals surface area (Å²) in [5, 5.41) is 35.2. The number of halogens is 1. The number of ether oxygens (including phenoxy) is 1. The Bertz CT molecular complexity index is 900. The molecule has 1 aliphatic rings. The zero-order valence-electron chi connectivity index (χ0n) is 21.5. The maximum atomic E-state index is 13.2. The van der Waals surface area contributed by atoms with Crippen LogP contribution in [0.1, 0.15) is 77.4 Å². The molecule has 0 amide bonds. The highest BCUT2D eigenvalue weighted by atomic mass is 127. The second-order valence-electron chi connectivity index (χ2n) is 10.5. The summed E-state index contributed by atoms with van der Waals surface area (Å²) in [5.74, 6) is -1.74. The summed E-state index contributed by atoms with van der Waals surface area (Å²) in [7, 11) is 0. The lowest BCUT2D eigenvalue weighted by Crippen LogP contribution is -2.45. The predicted octanol–water partition coefficient (Wildman–Crippen LogP) is 4.48. The van der Waals surface area contributed by atoms with Crippen LogP contribution >= 0.6 is 33.9 Å². The van der Waals surface area contributed by atoms with Gasteiger partial charge in [0.05, 0.1) is 40.8 Å². The van der Waals surface area contributed by atoms with Crippen molar-refractivity contribution in [2.24, 2.45) is 17.3 Å². The van der Waals surface area contributed by atoms with Crippen molar-refractivity contribution in [2.45, 2.75) is 102 Å². The minimum Gasteiger partial charge on any atom is -0.458 e. The average Bonchev–Trinajstić information content (AvgIpc) is 3.20. The first-order valence-corrected chi connectivity index (χ1v) is 14.4. The first-order chi connectivity index (χ1) is 16.2. The van der Waals surface area contributed by atoms with Gasteiger partial charge in [-0.2, -0.15) is 0 Å². The van der Waals surface area contributed by atoms with E-state index >= 15 is 0 Å². The number of hydrogen-bond acceptors (Lipinski definition) is 8. The Morgan fingerprint density at radius 1 is 1.23 bits per heavy atom. The number of nitrogens with zero attached hydrogens (tertiary/aromatic N) is 1. The minimum absolute atomic E-state index is 0.140. The van der Waals surface area contributed by atoms with Crippen LogP contribution in [0.15, 0.2) is 11.0 Å². The molecule has 0 aliphatic carbocycles. The fourth-order valence-electron chi connectivity index (χ4n) is 4.48. The molecule has 5 unspecified atom stereocenters. The predicted molar refractivity (Wildman–Crippen MR) is 146 cm³/mol. The number of aliphatic hydroxyl groups excluding tert-OH is 3. The molecular weight excluding hydrogens is 581 g/mol. The van der Waals surface area contributed by atoms with Crippen molar-refractivity contribution in [1.29, 1.82) is 0 Å². The van der Waals surface area contributed by atoms with Crippen LogP contribution in [0.25, 0.3) is 6.08 Å². The summed E-state index contributed by atoms with van der Waals surface area (Å²) in [6.45, 7) is 10.6. The zero-order valence-corrected chi connectivity index (χ0v) is 24.5. The lowest BCUT2D eigenvalue weighted by atomic mass is 9.73. The van der Waals surface area contributed by atoms with Crippen LogP contribution in [-0.2, 0) is 14.3 Å². The Labute approximate surface area is 226 Å². The standard InChI is InChI=1S/C26H40INO6S/c1-14-8-7-9-20(29)19(27)11-21(15(2)10-18-13-35-17(4)28-18)34-23(31)12-22(30)26(5,6)25(33)16(3)24(14)32/h10,13-14,16,19-22,24,29-30,32H,7-9,11-12H2,1-6H3/b15-10+/t14?,16?,19?,20?,21-,22?,24-/m0/s1. The van der Waals surface area contributed by atoms with Crippen LogP contribution in [0.3, 0.4) is 0 Å². The third-order valence-corrected chi connectivity index (χ3v) is 9.28. The number of carbonyl (C=O) groups excluding carboxylic acids is 2. The lowest BCUT2D eigenvalue weighted by molar-refractivity contribution is -0.154. The Morgan fingerprint density at radius 3 is 2.49 bits per heavy atom. The van der Waals surface area contributed by atoms with E-state index in [1.165, 1.54) is 11.3 Å². The Balaban J connectivity index is 2.33. The van der Waals surface area contributed by atoms with Gasteiger partial charge < -0.3 is 20.1 Å². The molecule has 2 heterocycles. The molecule has 0 spiro atoms. The number of aromatic nitrogens is 1. The number of rotatable bonds is 2. The molecule has 35 heavy (non-hydrogen) atoms. The molecule has 1 fully saturated rings. The molecule has 3 N–H and O–H groups in total.